The molecule has 10 atom stereocenters. The van der Waals surface area contributed by atoms with Crippen LogP contribution in [0.1, 0.15) is 0 Å². The molecule has 2 aliphatic rings. The molecule has 160 valence electrons. The van der Waals surface area contributed by atoms with Crippen LogP contribution in [0.2, 0.25) is 0 Å². The lowest BCUT2D eigenvalue weighted by molar-refractivity contribution is -0.298. The van der Waals surface area contributed by atoms with Crippen LogP contribution in [-0.2, 0) is 14.2 Å². The normalized spacial score (nSPS) is 44.9. The molecule has 0 aliphatic carbocycles. The Morgan fingerprint density at radius 2 is 1.19 bits per heavy atom. The number of aliphatic hydroxyl groups is 9. The number of rotatable bonds is 5. The van der Waals surface area contributed by atoms with Gasteiger partial charge in [-0.05, 0) is 0 Å². The topological polar surface area (TPSA) is 210 Å². The maximum absolute atomic E-state index is 9.47. The average Bonchev–Trinajstić information content (AvgIpc) is 2.67. The second-order valence-corrected chi connectivity index (χ2v) is 6.04. The number of hydrogen-bond acceptors (Lipinski definition) is 12. The van der Waals surface area contributed by atoms with E-state index >= 15 is 0 Å². The quantitative estimate of drug-likeness (QED) is 0.198. The van der Waals surface area contributed by atoms with Gasteiger partial charge in [-0.1, -0.05) is 6.08 Å². The molecule has 2 aliphatic heterocycles. The zero-order valence-electron chi connectivity index (χ0n) is 14.4. The molecule has 0 aromatic carbocycles. The first kappa shape index (κ1) is 24.3. The SMILES string of the molecule is C=CCOC1OC(CO)C(O)C(O)C1O.OCC1OC(O)C(O)C(O)C1O. The molecule has 0 radical (unpaired) electrons. The molecule has 10 unspecified atom stereocenters. The van der Waals surface area contributed by atoms with Gasteiger partial charge in [-0.3, -0.25) is 0 Å². The van der Waals surface area contributed by atoms with E-state index < -0.39 is 74.6 Å². The lowest BCUT2D eigenvalue weighted by atomic mass is 9.99. The Hall–Kier alpha value is -0.740. The molecule has 2 heterocycles. The minimum atomic E-state index is -1.57. The Balaban J connectivity index is 0.000000277. The van der Waals surface area contributed by atoms with Crippen molar-refractivity contribution >= 4 is 0 Å². The molecule has 2 rings (SSSR count). The van der Waals surface area contributed by atoms with Crippen LogP contribution in [0.25, 0.3) is 0 Å². The van der Waals surface area contributed by atoms with Gasteiger partial charge in [0.2, 0.25) is 0 Å². The highest BCUT2D eigenvalue weighted by Gasteiger charge is 2.44. The maximum Gasteiger partial charge on any atom is 0.187 e. The molecule has 9 N–H and O–H groups in total. The van der Waals surface area contributed by atoms with Gasteiger partial charge in [0.05, 0.1) is 19.8 Å². The van der Waals surface area contributed by atoms with E-state index in [2.05, 4.69) is 11.3 Å². The molecule has 0 aromatic heterocycles. The summed E-state index contributed by atoms with van der Waals surface area (Å²) in [4.78, 5) is 0. The third kappa shape index (κ3) is 6.12. The molecule has 12 nitrogen and oxygen atoms in total. The van der Waals surface area contributed by atoms with Gasteiger partial charge in [0.1, 0.15) is 48.8 Å². The zero-order valence-corrected chi connectivity index (χ0v) is 14.4. The third-order valence-corrected chi connectivity index (χ3v) is 4.09. The lowest BCUT2D eigenvalue weighted by Gasteiger charge is -2.39. The monoisotopic (exact) mass is 400 g/mol. The zero-order chi connectivity index (χ0) is 20.7. The fourth-order valence-electron chi connectivity index (χ4n) is 2.45. The van der Waals surface area contributed by atoms with E-state index in [9.17, 15) is 15.3 Å². The van der Waals surface area contributed by atoms with Gasteiger partial charge in [-0.2, -0.15) is 0 Å². The summed E-state index contributed by atoms with van der Waals surface area (Å²) >= 11 is 0. The van der Waals surface area contributed by atoms with Crippen LogP contribution in [0.5, 0.6) is 0 Å². The fraction of sp³-hybridized carbons (Fsp3) is 0.867. The van der Waals surface area contributed by atoms with Crippen LogP contribution in [0.15, 0.2) is 12.7 Å². The molecular formula is C15H28O12. The van der Waals surface area contributed by atoms with Crippen molar-refractivity contribution in [3.05, 3.63) is 12.7 Å². The molecule has 12 heteroatoms. The van der Waals surface area contributed by atoms with Gasteiger partial charge in [-0.25, -0.2) is 0 Å². The van der Waals surface area contributed by atoms with Crippen LogP contribution in [0, 0.1) is 0 Å². The van der Waals surface area contributed by atoms with Gasteiger partial charge in [0.15, 0.2) is 12.6 Å². The van der Waals surface area contributed by atoms with Gasteiger partial charge < -0.3 is 60.2 Å². The van der Waals surface area contributed by atoms with E-state index in [1.165, 1.54) is 6.08 Å². The number of aliphatic hydroxyl groups excluding tert-OH is 9. The minimum absolute atomic E-state index is 0.142. The third-order valence-electron chi connectivity index (χ3n) is 4.09. The Kier molecular flexibility index (Phi) is 10.2. The number of ether oxygens (including phenoxy) is 3. The molecule has 0 spiro atoms. The molecular weight excluding hydrogens is 372 g/mol. The first-order chi connectivity index (χ1) is 12.7. The van der Waals surface area contributed by atoms with Crippen LogP contribution in [0.3, 0.4) is 0 Å². The van der Waals surface area contributed by atoms with Gasteiger partial charge >= 0.3 is 0 Å². The van der Waals surface area contributed by atoms with E-state index in [4.69, 9.17) is 40.1 Å². The molecule has 27 heavy (non-hydrogen) atoms. The standard InChI is InChI=1S/C9H16O6.C6H12O6/c1-2-3-14-9-8(13)7(12)6(11)5(4-10)15-9;7-1-2-3(8)4(9)5(10)6(11)12-2/h2,5-13H,1,3-4H2;2-11H,1H2. The highest BCUT2D eigenvalue weighted by molar-refractivity contribution is 4.89. The van der Waals surface area contributed by atoms with E-state index in [1.807, 2.05) is 0 Å². The number of hydrogen-bond donors (Lipinski definition) is 9. The van der Waals surface area contributed by atoms with Crippen molar-refractivity contribution in [3.63, 3.8) is 0 Å². The summed E-state index contributed by atoms with van der Waals surface area (Å²) in [7, 11) is 0. The van der Waals surface area contributed by atoms with Crippen molar-refractivity contribution in [2.75, 3.05) is 19.8 Å². The van der Waals surface area contributed by atoms with Gasteiger partial charge in [0, 0.05) is 0 Å². The predicted octanol–water partition coefficient (Wildman–Crippen LogP) is -5.23. The van der Waals surface area contributed by atoms with E-state index in [1.54, 1.807) is 0 Å². The molecule has 0 bridgehead atoms. The summed E-state index contributed by atoms with van der Waals surface area (Å²) < 4.78 is 14.7. The van der Waals surface area contributed by atoms with Crippen LogP contribution in [0.4, 0.5) is 0 Å². The summed E-state index contributed by atoms with van der Waals surface area (Å²) in [6.45, 7) is 2.58. The van der Waals surface area contributed by atoms with Crippen LogP contribution in [-0.4, -0.2) is 127 Å². The Labute approximate surface area is 155 Å². The largest absolute Gasteiger partial charge is 0.394 e. The second-order valence-electron chi connectivity index (χ2n) is 6.04. The van der Waals surface area contributed by atoms with Gasteiger partial charge in [0.25, 0.3) is 0 Å². The summed E-state index contributed by atoms with van der Waals surface area (Å²) in [5.41, 5.74) is 0. The van der Waals surface area contributed by atoms with Crippen LogP contribution >= 0.6 is 0 Å². The van der Waals surface area contributed by atoms with Gasteiger partial charge in [-0.15, -0.1) is 6.58 Å². The molecule has 2 saturated heterocycles. The van der Waals surface area contributed by atoms with E-state index in [-0.39, 0.29) is 6.61 Å². The lowest BCUT2D eigenvalue weighted by Crippen LogP contribution is -2.59. The van der Waals surface area contributed by atoms with Crippen molar-refractivity contribution in [1.29, 1.82) is 0 Å². The van der Waals surface area contributed by atoms with Crippen molar-refractivity contribution < 1.29 is 60.2 Å². The van der Waals surface area contributed by atoms with Crippen molar-refractivity contribution in [2.24, 2.45) is 0 Å². The summed E-state index contributed by atoms with van der Waals surface area (Å²) in [6, 6.07) is 0. The maximum atomic E-state index is 9.47. The summed E-state index contributed by atoms with van der Waals surface area (Å²) in [6.07, 6.45) is -11.7. The van der Waals surface area contributed by atoms with Crippen LogP contribution < -0.4 is 0 Å². The summed E-state index contributed by atoms with van der Waals surface area (Å²) in [5.74, 6) is 0. The first-order valence-corrected chi connectivity index (χ1v) is 8.21. The first-order valence-electron chi connectivity index (χ1n) is 8.21. The van der Waals surface area contributed by atoms with Crippen molar-refractivity contribution in [2.45, 2.75) is 61.4 Å². The predicted molar refractivity (Wildman–Crippen MR) is 85.9 cm³/mol. The fourth-order valence-corrected chi connectivity index (χ4v) is 2.45. The van der Waals surface area contributed by atoms with E-state index in [0.717, 1.165) is 0 Å². The Morgan fingerprint density at radius 1 is 0.704 bits per heavy atom. The highest BCUT2D eigenvalue weighted by Crippen LogP contribution is 2.22. The molecule has 0 aromatic rings. The van der Waals surface area contributed by atoms with Crippen molar-refractivity contribution in [1.82, 2.24) is 0 Å². The Morgan fingerprint density at radius 3 is 1.67 bits per heavy atom. The molecule has 2 fully saturated rings. The molecule has 0 amide bonds. The Bertz CT molecular complexity index is 430. The average molecular weight is 400 g/mol. The minimum Gasteiger partial charge on any atom is -0.394 e. The molecule has 0 saturated carbocycles. The highest BCUT2D eigenvalue weighted by atomic mass is 16.7. The van der Waals surface area contributed by atoms with Crippen molar-refractivity contribution in [3.8, 4) is 0 Å². The van der Waals surface area contributed by atoms with E-state index in [0.29, 0.717) is 0 Å². The summed E-state index contributed by atoms with van der Waals surface area (Å²) in [5, 5.41) is 81.8. The smallest absolute Gasteiger partial charge is 0.187 e. The second kappa shape index (κ2) is 11.3.